The molecule has 8 heteroatoms. The summed E-state index contributed by atoms with van der Waals surface area (Å²) >= 11 is 6.19. The first-order valence-corrected chi connectivity index (χ1v) is 9.91. The van der Waals surface area contributed by atoms with E-state index in [0.29, 0.717) is 49.7 Å². The molecule has 6 nitrogen and oxygen atoms in total. The summed E-state index contributed by atoms with van der Waals surface area (Å²) in [7, 11) is 0. The van der Waals surface area contributed by atoms with Crippen molar-refractivity contribution in [3.8, 4) is 5.75 Å². The van der Waals surface area contributed by atoms with Crippen LogP contribution in [-0.2, 0) is 6.54 Å². The van der Waals surface area contributed by atoms with E-state index in [9.17, 15) is 14.3 Å². The van der Waals surface area contributed by atoms with Crippen molar-refractivity contribution in [2.24, 2.45) is 0 Å². The Morgan fingerprint density at radius 1 is 1.32 bits per heavy atom. The molecule has 0 radical (unpaired) electrons. The predicted molar refractivity (Wildman–Crippen MR) is 104 cm³/mol. The first-order valence-electron chi connectivity index (χ1n) is 9.53. The van der Waals surface area contributed by atoms with Crippen LogP contribution in [0.5, 0.6) is 5.75 Å². The van der Waals surface area contributed by atoms with Crippen LogP contribution in [-0.4, -0.2) is 51.0 Å². The van der Waals surface area contributed by atoms with Crippen molar-refractivity contribution < 1.29 is 19.0 Å². The van der Waals surface area contributed by atoms with Crippen LogP contribution in [0.4, 0.5) is 4.39 Å². The van der Waals surface area contributed by atoms with Crippen LogP contribution in [0.15, 0.2) is 30.5 Å². The standard InChI is InChI=1S/C20H25ClFN3O3/c1-2-10-25-13-17(21)18(23-25)19(26)24-11-3-8-20(27,9-12-24)14-28-16-6-4-15(22)5-7-16/h4-7,13,27H,2-3,8-12,14H2,1H3. The van der Waals surface area contributed by atoms with E-state index in [-0.39, 0.29) is 24.0 Å². The third kappa shape index (κ3) is 5.02. The van der Waals surface area contributed by atoms with Gasteiger partial charge in [0, 0.05) is 25.8 Å². The number of aromatic nitrogens is 2. The first kappa shape index (κ1) is 20.6. The summed E-state index contributed by atoms with van der Waals surface area (Å²) in [6, 6.07) is 5.68. The van der Waals surface area contributed by atoms with Gasteiger partial charge >= 0.3 is 0 Å². The summed E-state index contributed by atoms with van der Waals surface area (Å²) in [5, 5.41) is 15.5. The van der Waals surface area contributed by atoms with E-state index >= 15 is 0 Å². The maximum Gasteiger partial charge on any atom is 0.275 e. The Kier molecular flexibility index (Phi) is 6.57. The Morgan fingerprint density at radius 2 is 2.07 bits per heavy atom. The molecular formula is C20H25ClFN3O3. The number of halogens is 2. The van der Waals surface area contributed by atoms with Crippen molar-refractivity contribution in [1.29, 1.82) is 0 Å². The van der Waals surface area contributed by atoms with Crippen LogP contribution in [0.25, 0.3) is 0 Å². The third-order valence-corrected chi connectivity index (χ3v) is 5.17. The summed E-state index contributed by atoms with van der Waals surface area (Å²) < 4.78 is 20.3. The molecule has 0 aliphatic carbocycles. The van der Waals surface area contributed by atoms with Gasteiger partial charge in [0.25, 0.3) is 5.91 Å². The Balaban J connectivity index is 1.60. The second kappa shape index (κ2) is 8.92. The zero-order valence-electron chi connectivity index (χ0n) is 15.9. The molecule has 1 N–H and O–H groups in total. The topological polar surface area (TPSA) is 67.6 Å². The average molecular weight is 410 g/mol. The molecule has 1 aliphatic rings. The fraction of sp³-hybridized carbons (Fsp3) is 0.500. The number of aliphatic hydroxyl groups is 1. The van der Waals surface area contributed by atoms with Gasteiger partial charge in [-0.15, -0.1) is 0 Å². The van der Waals surface area contributed by atoms with Crippen molar-refractivity contribution in [3.63, 3.8) is 0 Å². The minimum absolute atomic E-state index is 0.0898. The van der Waals surface area contributed by atoms with E-state index in [4.69, 9.17) is 16.3 Å². The lowest BCUT2D eigenvalue weighted by molar-refractivity contribution is -0.0163. The van der Waals surface area contributed by atoms with Crippen LogP contribution < -0.4 is 4.74 Å². The van der Waals surface area contributed by atoms with Gasteiger partial charge in [-0.3, -0.25) is 9.48 Å². The number of benzene rings is 1. The summed E-state index contributed by atoms with van der Waals surface area (Å²) in [4.78, 5) is 14.5. The molecule has 0 bridgehead atoms. The van der Waals surface area contributed by atoms with E-state index in [1.165, 1.54) is 24.3 Å². The predicted octanol–water partition coefficient (Wildman–Crippen LogP) is 3.52. The van der Waals surface area contributed by atoms with Crippen molar-refractivity contribution in [2.45, 2.75) is 44.8 Å². The molecule has 1 aliphatic heterocycles. The number of nitrogens with zero attached hydrogens (tertiary/aromatic N) is 3. The van der Waals surface area contributed by atoms with Gasteiger partial charge in [-0.1, -0.05) is 18.5 Å². The van der Waals surface area contributed by atoms with Crippen LogP contribution in [0.3, 0.4) is 0 Å². The van der Waals surface area contributed by atoms with E-state index in [0.717, 1.165) is 6.42 Å². The van der Waals surface area contributed by atoms with Gasteiger partial charge in [0.2, 0.25) is 0 Å². The normalized spacial score (nSPS) is 20.1. The summed E-state index contributed by atoms with van der Waals surface area (Å²) in [5.41, 5.74) is -0.794. The molecule has 0 spiro atoms. The smallest absolute Gasteiger partial charge is 0.275 e. The summed E-state index contributed by atoms with van der Waals surface area (Å²) in [6.45, 7) is 3.73. The number of carbonyl (C=O) groups excluding carboxylic acids is 1. The van der Waals surface area contributed by atoms with Crippen LogP contribution in [0.2, 0.25) is 5.02 Å². The van der Waals surface area contributed by atoms with E-state index < -0.39 is 5.60 Å². The molecule has 1 saturated heterocycles. The first-order chi connectivity index (χ1) is 13.4. The number of carbonyl (C=O) groups is 1. The number of aryl methyl sites for hydroxylation is 1. The minimum atomic E-state index is -1.05. The zero-order chi connectivity index (χ0) is 20.1. The lowest BCUT2D eigenvalue weighted by Gasteiger charge is -2.26. The molecule has 152 valence electrons. The van der Waals surface area contributed by atoms with Crippen LogP contribution in [0.1, 0.15) is 43.1 Å². The molecule has 1 unspecified atom stereocenters. The Bertz CT molecular complexity index is 812. The molecule has 2 heterocycles. The van der Waals surface area contributed by atoms with Crippen molar-refractivity contribution in [1.82, 2.24) is 14.7 Å². The average Bonchev–Trinajstić information content (AvgIpc) is 2.92. The Morgan fingerprint density at radius 3 is 2.79 bits per heavy atom. The molecule has 1 amide bonds. The number of hydrogen-bond donors (Lipinski definition) is 1. The third-order valence-electron chi connectivity index (χ3n) is 4.90. The largest absolute Gasteiger partial charge is 0.491 e. The van der Waals surface area contributed by atoms with Crippen LogP contribution in [0, 0.1) is 5.82 Å². The van der Waals surface area contributed by atoms with Crippen molar-refractivity contribution >= 4 is 17.5 Å². The van der Waals surface area contributed by atoms with E-state index in [1.54, 1.807) is 15.8 Å². The van der Waals surface area contributed by atoms with Gasteiger partial charge in [0.1, 0.15) is 23.8 Å². The fourth-order valence-corrected chi connectivity index (χ4v) is 3.54. The van der Waals surface area contributed by atoms with E-state index in [2.05, 4.69) is 5.10 Å². The van der Waals surface area contributed by atoms with Crippen molar-refractivity contribution in [2.75, 3.05) is 19.7 Å². The second-order valence-corrected chi connectivity index (χ2v) is 7.61. The SMILES string of the molecule is CCCn1cc(Cl)c(C(=O)N2CCCC(O)(COc3ccc(F)cc3)CC2)n1. The molecule has 3 rings (SSSR count). The maximum absolute atomic E-state index is 13.0. The van der Waals surface area contributed by atoms with Gasteiger partial charge in [-0.25, -0.2) is 4.39 Å². The number of amides is 1. The molecular weight excluding hydrogens is 385 g/mol. The van der Waals surface area contributed by atoms with E-state index in [1.807, 2.05) is 6.92 Å². The lowest BCUT2D eigenvalue weighted by atomic mass is 9.96. The number of rotatable bonds is 6. The molecule has 0 saturated carbocycles. The Hall–Kier alpha value is -2.12. The summed E-state index contributed by atoms with van der Waals surface area (Å²) in [5.74, 6) is -0.0569. The highest BCUT2D eigenvalue weighted by molar-refractivity contribution is 6.33. The van der Waals surface area contributed by atoms with Gasteiger partial charge in [0.15, 0.2) is 5.69 Å². The van der Waals surface area contributed by atoms with Gasteiger partial charge in [-0.2, -0.15) is 5.10 Å². The maximum atomic E-state index is 13.0. The number of hydrogen-bond acceptors (Lipinski definition) is 4. The quantitative estimate of drug-likeness (QED) is 0.792. The van der Waals surface area contributed by atoms with Crippen molar-refractivity contribution in [3.05, 3.63) is 47.0 Å². The summed E-state index contributed by atoms with van der Waals surface area (Å²) in [6.07, 6.45) is 4.10. The highest BCUT2D eigenvalue weighted by Crippen LogP contribution is 2.26. The second-order valence-electron chi connectivity index (χ2n) is 7.20. The van der Waals surface area contributed by atoms with Gasteiger partial charge in [-0.05, 0) is 49.9 Å². The number of likely N-dealkylation sites (tertiary alicyclic amines) is 1. The molecule has 1 fully saturated rings. The minimum Gasteiger partial charge on any atom is -0.491 e. The molecule has 1 atom stereocenters. The lowest BCUT2D eigenvalue weighted by Crippen LogP contribution is -2.38. The monoisotopic (exact) mass is 409 g/mol. The molecule has 2 aromatic rings. The van der Waals surface area contributed by atoms with Gasteiger partial charge < -0.3 is 14.7 Å². The van der Waals surface area contributed by atoms with Gasteiger partial charge in [0.05, 0.1) is 5.02 Å². The molecule has 28 heavy (non-hydrogen) atoms. The molecule has 1 aromatic carbocycles. The van der Waals surface area contributed by atoms with Crippen LogP contribution >= 0.6 is 11.6 Å². The molecule has 1 aromatic heterocycles. The highest BCUT2D eigenvalue weighted by Gasteiger charge is 2.33. The Labute approximate surface area is 168 Å². The fourth-order valence-electron chi connectivity index (χ4n) is 3.31. The zero-order valence-corrected chi connectivity index (χ0v) is 16.7. The highest BCUT2D eigenvalue weighted by atomic mass is 35.5. The number of ether oxygens (including phenoxy) is 1.